The van der Waals surface area contributed by atoms with Crippen molar-refractivity contribution in [3.05, 3.63) is 58.7 Å². The van der Waals surface area contributed by atoms with E-state index in [1.165, 1.54) is 30.6 Å². The molecule has 2 bridgehead atoms. The molecule has 1 saturated carbocycles. The van der Waals surface area contributed by atoms with Crippen LogP contribution in [0.3, 0.4) is 0 Å². The Labute approximate surface area is 233 Å². The van der Waals surface area contributed by atoms with Crippen LogP contribution in [0.25, 0.3) is 15.9 Å². The van der Waals surface area contributed by atoms with E-state index in [9.17, 15) is 23.5 Å². The molecule has 0 radical (unpaired) electrons. The highest BCUT2D eigenvalue weighted by Crippen LogP contribution is 2.44. The Bertz CT molecular complexity index is 1500. The number of aromatic nitrogens is 1. The Balaban J connectivity index is 1.21. The van der Waals surface area contributed by atoms with Gasteiger partial charge in [-0.2, -0.15) is 0 Å². The van der Waals surface area contributed by atoms with Crippen LogP contribution >= 0.6 is 11.3 Å². The van der Waals surface area contributed by atoms with Gasteiger partial charge in [0.15, 0.2) is 10.9 Å². The number of carboxylic acid groups (broad SMARTS) is 1. The van der Waals surface area contributed by atoms with Crippen LogP contribution in [0, 0.1) is 17.6 Å². The number of Topliss-reactive ketones (excluding diaryl/α,β-unsaturated/α-hetero) is 1. The van der Waals surface area contributed by atoms with Crippen molar-refractivity contribution < 1.29 is 33.0 Å². The quantitative estimate of drug-likeness (QED) is 0.340. The molecular weight excluding hydrogens is 540 g/mol. The Morgan fingerprint density at radius 2 is 1.80 bits per heavy atom. The number of thiazole rings is 1. The first-order valence-electron chi connectivity index (χ1n) is 13.3. The van der Waals surface area contributed by atoms with Crippen molar-refractivity contribution in [3.63, 3.8) is 0 Å². The van der Waals surface area contributed by atoms with Crippen molar-refractivity contribution in [1.82, 2.24) is 4.98 Å². The predicted octanol–water partition coefficient (Wildman–Crippen LogP) is 5.15. The lowest BCUT2D eigenvalue weighted by Gasteiger charge is -2.38. The normalized spacial score (nSPS) is 22.9. The molecule has 2 aromatic carbocycles. The van der Waals surface area contributed by atoms with E-state index in [1.54, 1.807) is 6.07 Å². The summed E-state index contributed by atoms with van der Waals surface area (Å²) in [4.78, 5) is 31.7. The summed E-state index contributed by atoms with van der Waals surface area (Å²) in [6.07, 6.45) is 4.61. The van der Waals surface area contributed by atoms with E-state index in [4.69, 9.17) is 20.2 Å². The number of anilines is 1. The number of ketones is 1. The zero-order valence-electron chi connectivity index (χ0n) is 21.9. The molecule has 3 aliphatic rings. The maximum Gasteiger partial charge on any atom is 0.335 e. The van der Waals surface area contributed by atoms with Gasteiger partial charge in [-0.3, -0.25) is 4.79 Å². The lowest BCUT2D eigenvalue weighted by molar-refractivity contribution is -0.117. The summed E-state index contributed by atoms with van der Waals surface area (Å²) in [5.74, 6) is -2.61. The SMILES string of the molecule is COc1cc(C(=O)O)cc2sc(N3C4CC[C@H]3CC(OCC(C(=O)C3CC3)=C(N)c3c(F)cccc3F)C4)nc12. The number of halogens is 2. The van der Waals surface area contributed by atoms with Crippen molar-refractivity contribution >= 4 is 44.1 Å². The number of nitrogens with two attached hydrogens (primary N) is 1. The number of ether oxygens (including phenoxy) is 2. The average molecular weight is 570 g/mol. The number of rotatable bonds is 9. The third kappa shape index (κ3) is 4.81. The number of hydrogen-bond acceptors (Lipinski definition) is 8. The molecule has 40 heavy (non-hydrogen) atoms. The zero-order chi connectivity index (χ0) is 28.1. The summed E-state index contributed by atoms with van der Waals surface area (Å²) < 4.78 is 41.4. The number of hydrogen-bond donors (Lipinski definition) is 2. The highest BCUT2D eigenvalue weighted by Gasteiger charge is 2.43. The summed E-state index contributed by atoms with van der Waals surface area (Å²) in [5.41, 5.74) is 6.54. The van der Waals surface area contributed by atoms with Crippen LogP contribution in [0.15, 0.2) is 35.9 Å². The van der Waals surface area contributed by atoms with Crippen LogP contribution in [-0.2, 0) is 9.53 Å². The van der Waals surface area contributed by atoms with E-state index in [-0.39, 0.29) is 58.9 Å². The second-order valence-electron chi connectivity index (χ2n) is 10.7. The fourth-order valence-corrected chi connectivity index (χ4v) is 7.10. The Hall–Kier alpha value is -3.57. The fraction of sp³-hybridized carbons (Fsp3) is 0.414. The molecule has 2 unspecified atom stereocenters. The molecule has 2 aliphatic heterocycles. The third-order valence-corrected chi connectivity index (χ3v) is 9.11. The van der Waals surface area contributed by atoms with Crippen LogP contribution in [0.1, 0.15) is 54.4 Å². The van der Waals surface area contributed by atoms with Crippen molar-refractivity contribution in [1.29, 1.82) is 0 Å². The Morgan fingerprint density at radius 1 is 1.12 bits per heavy atom. The molecule has 0 spiro atoms. The van der Waals surface area contributed by atoms with Crippen LogP contribution in [-0.4, -0.2) is 53.7 Å². The molecule has 6 rings (SSSR count). The van der Waals surface area contributed by atoms with E-state index in [2.05, 4.69) is 4.90 Å². The monoisotopic (exact) mass is 569 g/mol. The minimum Gasteiger partial charge on any atom is -0.494 e. The van der Waals surface area contributed by atoms with Gasteiger partial charge in [-0.1, -0.05) is 17.4 Å². The van der Waals surface area contributed by atoms with E-state index < -0.39 is 17.6 Å². The number of methoxy groups -OCH3 is 1. The number of aromatic carboxylic acids is 1. The second-order valence-corrected chi connectivity index (χ2v) is 11.7. The van der Waals surface area contributed by atoms with Crippen molar-refractivity contribution in [3.8, 4) is 5.75 Å². The molecule has 3 N–H and O–H groups in total. The van der Waals surface area contributed by atoms with Crippen molar-refractivity contribution in [2.24, 2.45) is 11.7 Å². The topological polar surface area (TPSA) is 115 Å². The summed E-state index contributed by atoms with van der Waals surface area (Å²) in [6, 6.07) is 6.92. The Morgan fingerprint density at radius 3 is 2.40 bits per heavy atom. The second kappa shape index (κ2) is 10.4. The van der Waals surface area contributed by atoms with Gasteiger partial charge in [0.2, 0.25) is 0 Å². The number of benzene rings is 2. The maximum absolute atomic E-state index is 14.5. The van der Waals surface area contributed by atoms with Gasteiger partial charge in [-0.15, -0.1) is 0 Å². The lowest BCUT2D eigenvalue weighted by atomic mass is 9.98. The van der Waals surface area contributed by atoms with Gasteiger partial charge in [0, 0.05) is 23.6 Å². The summed E-state index contributed by atoms with van der Waals surface area (Å²) in [7, 11) is 1.50. The molecule has 0 amide bonds. The van der Waals surface area contributed by atoms with Crippen LogP contribution < -0.4 is 15.4 Å². The number of carbonyl (C=O) groups excluding carboxylic acids is 1. The first-order chi connectivity index (χ1) is 19.2. The fourth-order valence-electron chi connectivity index (χ4n) is 5.93. The molecule has 1 aromatic heterocycles. The van der Waals surface area contributed by atoms with E-state index in [0.29, 0.717) is 24.1 Å². The molecule has 1 aliphatic carbocycles. The standard InChI is InChI=1S/C29H29F2N3O5S/c1-38-22-9-15(28(36)37)10-23-26(22)33-29(40-23)34-16-7-8-17(34)12-18(11-16)39-13-19(27(35)14-5-6-14)25(32)24-20(30)3-2-4-21(24)31/h2-4,9-10,14,16-18H,5-8,11-13,32H2,1H3,(H,36,37)/t16-,17?,18?/m0/s1. The highest BCUT2D eigenvalue weighted by atomic mass is 32.1. The van der Waals surface area contributed by atoms with E-state index in [0.717, 1.165) is 47.6 Å². The number of piperidine rings is 1. The highest BCUT2D eigenvalue weighted by molar-refractivity contribution is 7.22. The molecule has 3 heterocycles. The zero-order valence-corrected chi connectivity index (χ0v) is 22.7. The lowest BCUT2D eigenvalue weighted by Crippen LogP contribution is -2.45. The van der Waals surface area contributed by atoms with E-state index >= 15 is 0 Å². The van der Waals surface area contributed by atoms with Crippen molar-refractivity contribution in [2.45, 2.75) is 56.7 Å². The number of fused-ring (bicyclic) bond motifs is 3. The first-order valence-corrected chi connectivity index (χ1v) is 14.2. The summed E-state index contributed by atoms with van der Waals surface area (Å²) in [5, 5.41) is 10.3. The maximum atomic E-state index is 14.5. The van der Waals surface area contributed by atoms with Crippen molar-refractivity contribution in [2.75, 3.05) is 18.6 Å². The van der Waals surface area contributed by atoms with Crippen LogP contribution in [0.4, 0.5) is 13.9 Å². The molecule has 3 aromatic rings. The van der Waals surface area contributed by atoms with Gasteiger partial charge in [0.1, 0.15) is 22.9 Å². The predicted molar refractivity (Wildman–Crippen MR) is 147 cm³/mol. The van der Waals surface area contributed by atoms with Gasteiger partial charge in [0.25, 0.3) is 0 Å². The van der Waals surface area contributed by atoms with Gasteiger partial charge in [-0.25, -0.2) is 18.6 Å². The number of nitrogens with zero attached hydrogens (tertiary/aromatic N) is 2. The van der Waals surface area contributed by atoms with Gasteiger partial charge in [-0.05, 0) is 62.8 Å². The minimum atomic E-state index is -1.03. The van der Waals surface area contributed by atoms with E-state index in [1.807, 2.05) is 0 Å². The van der Waals surface area contributed by atoms with Gasteiger partial charge >= 0.3 is 5.97 Å². The molecule has 11 heteroatoms. The summed E-state index contributed by atoms with van der Waals surface area (Å²) >= 11 is 1.44. The minimum absolute atomic E-state index is 0.102. The molecule has 8 nitrogen and oxygen atoms in total. The van der Waals surface area contributed by atoms with Crippen LogP contribution in [0.5, 0.6) is 5.75 Å². The number of carboxylic acids is 1. The number of carbonyl (C=O) groups is 2. The average Bonchev–Trinajstić information content (AvgIpc) is 3.63. The third-order valence-electron chi connectivity index (χ3n) is 8.09. The largest absolute Gasteiger partial charge is 0.494 e. The summed E-state index contributed by atoms with van der Waals surface area (Å²) in [6.45, 7) is -0.102. The van der Waals surface area contributed by atoms with Gasteiger partial charge in [0.05, 0.1) is 41.3 Å². The Kier molecular flexibility index (Phi) is 6.95. The molecule has 3 atom stereocenters. The van der Waals surface area contributed by atoms with Gasteiger partial charge < -0.3 is 25.2 Å². The molecule has 210 valence electrons. The molecule has 2 saturated heterocycles. The molecule has 3 fully saturated rings. The van der Waals surface area contributed by atoms with Crippen LogP contribution in [0.2, 0.25) is 0 Å². The smallest absolute Gasteiger partial charge is 0.335 e. The first kappa shape index (κ1) is 26.6. The molecular formula is C29H29F2N3O5S.